The number of nitrogens with one attached hydrogen (secondary N) is 1. The Balaban J connectivity index is 1.79. The molecule has 0 bridgehead atoms. The zero-order chi connectivity index (χ0) is 14.2. The molecule has 0 saturated carbocycles. The largest absolute Gasteiger partial charge is 0.310 e. The lowest BCUT2D eigenvalue weighted by molar-refractivity contribution is 0.549. The average molecular weight is 293 g/mol. The quantitative estimate of drug-likeness (QED) is 0.703. The molecular formula is C19H19NS. The Hall–Kier alpha value is -1.64. The molecule has 0 saturated heterocycles. The van der Waals surface area contributed by atoms with Gasteiger partial charge < -0.3 is 5.32 Å². The molecule has 106 valence electrons. The van der Waals surface area contributed by atoms with Gasteiger partial charge in [-0.25, -0.2) is 0 Å². The zero-order valence-electron chi connectivity index (χ0n) is 12.2. The molecule has 1 aromatic heterocycles. The molecule has 1 aliphatic rings. The molecule has 21 heavy (non-hydrogen) atoms. The molecule has 0 amide bonds. The number of fused-ring (bicyclic) bond motifs is 2. The van der Waals surface area contributed by atoms with Crippen LogP contribution in [0, 0.1) is 0 Å². The first-order chi connectivity index (χ1) is 10.4. The van der Waals surface area contributed by atoms with Gasteiger partial charge in [-0.15, -0.1) is 11.3 Å². The lowest BCUT2D eigenvalue weighted by atomic mass is 9.99. The minimum absolute atomic E-state index is 0.552. The highest BCUT2D eigenvalue weighted by Crippen LogP contribution is 2.37. The van der Waals surface area contributed by atoms with Crippen molar-refractivity contribution in [2.24, 2.45) is 0 Å². The minimum atomic E-state index is 0.552. The molecule has 1 heterocycles. The second kappa shape index (κ2) is 5.28. The van der Waals surface area contributed by atoms with Crippen LogP contribution in [0.2, 0.25) is 0 Å². The van der Waals surface area contributed by atoms with E-state index >= 15 is 0 Å². The summed E-state index contributed by atoms with van der Waals surface area (Å²) in [6.45, 7) is 3.23. The van der Waals surface area contributed by atoms with E-state index in [-0.39, 0.29) is 0 Å². The number of hydrogen-bond acceptors (Lipinski definition) is 2. The molecule has 3 aromatic rings. The lowest BCUT2D eigenvalue weighted by Gasteiger charge is -2.13. The zero-order valence-corrected chi connectivity index (χ0v) is 13.0. The standard InChI is InChI=1S/C19H19NS/c1-2-20-18-9-7-14-12-15(6-8-16(14)18)17-5-3-4-13-10-11-21-19(13)17/h3-6,8,10-12,18,20H,2,7,9H2,1H3. The van der Waals surface area contributed by atoms with Gasteiger partial charge in [0.25, 0.3) is 0 Å². The van der Waals surface area contributed by atoms with Gasteiger partial charge in [0.1, 0.15) is 0 Å². The Kier molecular flexibility index (Phi) is 3.28. The van der Waals surface area contributed by atoms with Gasteiger partial charge in [0, 0.05) is 10.7 Å². The Bertz CT molecular complexity index is 787. The monoisotopic (exact) mass is 293 g/mol. The number of aryl methyl sites for hydroxylation is 1. The highest BCUT2D eigenvalue weighted by molar-refractivity contribution is 7.17. The van der Waals surface area contributed by atoms with Gasteiger partial charge in [0.15, 0.2) is 0 Å². The highest BCUT2D eigenvalue weighted by atomic mass is 32.1. The average Bonchev–Trinajstić information content (AvgIpc) is 3.13. The molecule has 0 radical (unpaired) electrons. The van der Waals surface area contributed by atoms with E-state index in [2.05, 4.69) is 60.1 Å². The Morgan fingerprint density at radius 2 is 2.14 bits per heavy atom. The summed E-state index contributed by atoms with van der Waals surface area (Å²) in [5.74, 6) is 0. The van der Waals surface area contributed by atoms with Gasteiger partial charge in [-0.05, 0) is 58.5 Å². The van der Waals surface area contributed by atoms with Gasteiger partial charge in [0.05, 0.1) is 0 Å². The van der Waals surface area contributed by atoms with E-state index in [4.69, 9.17) is 0 Å². The second-order valence-electron chi connectivity index (χ2n) is 5.71. The minimum Gasteiger partial charge on any atom is -0.310 e. The molecule has 1 aliphatic carbocycles. The van der Waals surface area contributed by atoms with Gasteiger partial charge in [-0.3, -0.25) is 0 Å². The van der Waals surface area contributed by atoms with Gasteiger partial charge in [-0.2, -0.15) is 0 Å². The summed E-state index contributed by atoms with van der Waals surface area (Å²) in [6, 6.07) is 16.4. The maximum absolute atomic E-state index is 3.59. The van der Waals surface area contributed by atoms with Crippen molar-refractivity contribution in [2.45, 2.75) is 25.8 Å². The van der Waals surface area contributed by atoms with Crippen LogP contribution in [-0.4, -0.2) is 6.54 Å². The van der Waals surface area contributed by atoms with Crippen LogP contribution in [0.25, 0.3) is 21.2 Å². The van der Waals surface area contributed by atoms with E-state index in [0.29, 0.717) is 6.04 Å². The van der Waals surface area contributed by atoms with Crippen LogP contribution in [0.15, 0.2) is 47.8 Å². The molecular weight excluding hydrogens is 274 g/mol. The van der Waals surface area contributed by atoms with E-state index in [1.807, 2.05) is 11.3 Å². The van der Waals surface area contributed by atoms with E-state index in [9.17, 15) is 0 Å². The van der Waals surface area contributed by atoms with Crippen molar-refractivity contribution in [3.05, 3.63) is 59.0 Å². The fourth-order valence-corrected chi connectivity index (χ4v) is 4.40. The van der Waals surface area contributed by atoms with Crippen molar-refractivity contribution < 1.29 is 0 Å². The number of benzene rings is 2. The van der Waals surface area contributed by atoms with Crippen LogP contribution in [0.3, 0.4) is 0 Å². The Labute approximate surface area is 129 Å². The Morgan fingerprint density at radius 3 is 3.05 bits per heavy atom. The van der Waals surface area contributed by atoms with Crippen LogP contribution in [0.1, 0.15) is 30.5 Å². The van der Waals surface area contributed by atoms with E-state index in [1.54, 1.807) is 0 Å². The third-order valence-electron chi connectivity index (χ3n) is 4.46. The van der Waals surface area contributed by atoms with Crippen LogP contribution >= 0.6 is 11.3 Å². The summed E-state index contributed by atoms with van der Waals surface area (Å²) >= 11 is 1.84. The van der Waals surface area contributed by atoms with Crippen molar-refractivity contribution >= 4 is 21.4 Å². The summed E-state index contributed by atoms with van der Waals surface area (Å²) in [5.41, 5.74) is 5.75. The summed E-state index contributed by atoms with van der Waals surface area (Å²) in [6.07, 6.45) is 2.43. The highest BCUT2D eigenvalue weighted by Gasteiger charge is 2.21. The van der Waals surface area contributed by atoms with E-state index in [1.165, 1.54) is 45.2 Å². The third kappa shape index (κ3) is 2.19. The lowest BCUT2D eigenvalue weighted by Crippen LogP contribution is -2.18. The number of rotatable bonds is 3. The predicted octanol–water partition coefficient (Wildman–Crippen LogP) is 5.17. The first-order valence-corrected chi connectivity index (χ1v) is 8.57. The molecule has 4 rings (SSSR count). The van der Waals surface area contributed by atoms with Crippen LogP contribution < -0.4 is 5.32 Å². The van der Waals surface area contributed by atoms with Gasteiger partial charge in [-0.1, -0.05) is 43.3 Å². The molecule has 1 atom stereocenters. The molecule has 1 nitrogen and oxygen atoms in total. The SMILES string of the molecule is CCNC1CCc2cc(-c3cccc4ccsc34)ccc21. The van der Waals surface area contributed by atoms with Crippen LogP contribution in [0.4, 0.5) is 0 Å². The summed E-state index contributed by atoms with van der Waals surface area (Å²) in [7, 11) is 0. The Morgan fingerprint density at radius 1 is 1.19 bits per heavy atom. The smallest absolute Gasteiger partial charge is 0.0421 e. The maximum Gasteiger partial charge on any atom is 0.0421 e. The van der Waals surface area contributed by atoms with E-state index < -0.39 is 0 Å². The molecule has 2 heteroatoms. The van der Waals surface area contributed by atoms with E-state index in [0.717, 1.165) is 6.54 Å². The topological polar surface area (TPSA) is 12.0 Å². The van der Waals surface area contributed by atoms with Gasteiger partial charge >= 0.3 is 0 Å². The third-order valence-corrected chi connectivity index (χ3v) is 5.42. The van der Waals surface area contributed by atoms with Crippen molar-refractivity contribution in [3.63, 3.8) is 0 Å². The normalized spacial score (nSPS) is 17.3. The molecule has 1 N–H and O–H groups in total. The summed E-state index contributed by atoms with van der Waals surface area (Å²) in [5, 5.41) is 7.12. The van der Waals surface area contributed by atoms with Gasteiger partial charge in [0.2, 0.25) is 0 Å². The second-order valence-corrected chi connectivity index (χ2v) is 6.62. The molecule has 0 fully saturated rings. The van der Waals surface area contributed by atoms with Crippen molar-refractivity contribution in [1.29, 1.82) is 0 Å². The molecule has 0 aliphatic heterocycles. The van der Waals surface area contributed by atoms with Crippen LogP contribution in [0.5, 0.6) is 0 Å². The van der Waals surface area contributed by atoms with Crippen molar-refractivity contribution in [3.8, 4) is 11.1 Å². The fraction of sp³-hybridized carbons (Fsp3) is 0.263. The predicted molar refractivity (Wildman–Crippen MR) is 92.0 cm³/mol. The fourth-order valence-electron chi connectivity index (χ4n) is 3.46. The van der Waals surface area contributed by atoms with Crippen LogP contribution in [-0.2, 0) is 6.42 Å². The first kappa shape index (κ1) is 13.1. The summed E-state index contributed by atoms with van der Waals surface area (Å²) < 4.78 is 1.40. The first-order valence-electron chi connectivity index (χ1n) is 7.69. The van der Waals surface area contributed by atoms with Crippen molar-refractivity contribution in [2.75, 3.05) is 6.54 Å². The maximum atomic E-state index is 3.59. The molecule has 0 spiro atoms. The molecule has 1 unspecified atom stereocenters. The number of hydrogen-bond donors (Lipinski definition) is 1. The summed E-state index contributed by atoms with van der Waals surface area (Å²) in [4.78, 5) is 0. The van der Waals surface area contributed by atoms with Crippen molar-refractivity contribution in [1.82, 2.24) is 5.32 Å². The molecule has 2 aromatic carbocycles. The number of thiophene rings is 1.